The van der Waals surface area contributed by atoms with Gasteiger partial charge in [0.05, 0.1) is 20.8 Å². The van der Waals surface area contributed by atoms with Crippen LogP contribution in [0.1, 0.15) is 127 Å². The predicted molar refractivity (Wildman–Crippen MR) is 470 cm³/mol. The zero-order valence-electron chi connectivity index (χ0n) is 67.3. The van der Waals surface area contributed by atoms with Crippen molar-refractivity contribution in [2.24, 2.45) is 0 Å². The average molecular weight is 1420 g/mol. The minimum Gasteiger partial charge on any atom is -0.342 e. The molecular formula is C103H94BN3S. The van der Waals surface area contributed by atoms with E-state index in [9.17, 15) is 4.11 Å². The second-order valence-electron chi connectivity index (χ2n) is 34.3. The lowest BCUT2D eigenvalue weighted by Gasteiger charge is -2.44. The van der Waals surface area contributed by atoms with Crippen LogP contribution in [0.2, 0.25) is 0 Å². The van der Waals surface area contributed by atoms with Gasteiger partial charge < -0.3 is 14.4 Å². The normalized spacial score (nSPS) is 13.5. The number of benzene rings is 14. The van der Waals surface area contributed by atoms with Crippen LogP contribution in [-0.4, -0.2) is 24.4 Å². The molecule has 0 saturated heterocycles. The highest BCUT2D eigenvalue weighted by atomic mass is 32.1. The first-order valence-electron chi connectivity index (χ1n) is 40.3. The average Bonchev–Trinajstić information content (AvgIpc) is 1.65. The quantitative estimate of drug-likeness (QED) is 0.0842. The molecule has 0 saturated carbocycles. The maximum absolute atomic E-state index is 11.3. The number of hydrogen-bond donors (Lipinski definition) is 0. The highest BCUT2D eigenvalue weighted by Crippen LogP contribution is 2.50. The standard InChI is InChI=1S/C103H94BN3S/c1-100(2,3)72-50-49-68(85(59-72)70-38-30-39-71(58-70)96-82-44-24-22-42-80(82)95(69-36-20-15-21-37-69)81-43-23-25-45-83(81)96)55-57-105-91-65-76(107-89-47-28-26-40-78(89)79-41-27-29-48-90(79)107)52-54-88(91)104-97-92(105)62-75(103(10,11)12)63-93(97)106(98-84-53-51-73(101(4,5)6)64-94(84)108-99(98)104)56-31-46-77-86(66-32-16-13-17-33-66)60-74(102(7,8)9)61-87(77)67-34-18-14-19-35-67/h13-30,32-45,47-54,58-65H,31,46,55-57H2,1-12H3/i52D,54D,65D. The monoisotopic (exact) mass is 1420 g/mol. The van der Waals surface area contributed by atoms with Crippen molar-refractivity contribution in [1.29, 1.82) is 0 Å². The Morgan fingerprint density at radius 1 is 0.361 bits per heavy atom. The zero-order chi connectivity index (χ0) is 76.7. The first-order valence-corrected chi connectivity index (χ1v) is 39.6. The molecule has 3 nitrogen and oxygen atoms in total. The molecule has 4 heterocycles. The summed E-state index contributed by atoms with van der Waals surface area (Å²) in [6, 6.07) is 102. The molecule has 0 radical (unpaired) electrons. The van der Waals surface area contributed by atoms with Crippen LogP contribution in [0.4, 0.5) is 22.7 Å². The van der Waals surface area contributed by atoms with Gasteiger partial charge in [-0.25, -0.2) is 0 Å². The van der Waals surface area contributed by atoms with Crippen molar-refractivity contribution in [2.45, 2.75) is 124 Å². The van der Waals surface area contributed by atoms with Crippen molar-refractivity contribution in [1.82, 2.24) is 4.57 Å². The number of fused-ring (bicyclic) bond motifs is 11. The topological polar surface area (TPSA) is 11.4 Å². The zero-order valence-corrected chi connectivity index (χ0v) is 65.2. The Morgan fingerprint density at radius 3 is 1.39 bits per heavy atom. The van der Waals surface area contributed by atoms with Crippen molar-refractivity contribution in [2.75, 3.05) is 22.9 Å². The van der Waals surface area contributed by atoms with Gasteiger partial charge in [0.1, 0.15) is 0 Å². The third-order valence-corrected chi connectivity index (χ3v) is 24.5. The molecule has 2 aromatic heterocycles. The molecule has 5 heteroatoms. The van der Waals surface area contributed by atoms with Gasteiger partial charge in [-0.3, -0.25) is 0 Å². The third-order valence-electron chi connectivity index (χ3n) is 23.3. The molecule has 530 valence electrons. The largest absolute Gasteiger partial charge is 0.342 e. The van der Waals surface area contributed by atoms with Gasteiger partial charge in [0, 0.05) is 61.5 Å². The molecule has 14 aromatic carbocycles. The van der Waals surface area contributed by atoms with E-state index in [1.165, 1.54) is 115 Å². The summed E-state index contributed by atoms with van der Waals surface area (Å²) in [4.78, 5) is 5.15. The minimum absolute atomic E-state index is 0.0535. The maximum Gasteiger partial charge on any atom is 0.264 e. The van der Waals surface area contributed by atoms with Gasteiger partial charge in [0.15, 0.2) is 0 Å². The number of anilines is 4. The Hall–Kier alpha value is -11.0. The summed E-state index contributed by atoms with van der Waals surface area (Å²) in [5.74, 6) is 0. The smallest absolute Gasteiger partial charge is 0.264 e. The number of thiophene rings is 1. The number of aromatic nitrogens is 1. The molecule has 18 rings (SSSR count). The SMILES string of the molecule is [2H]c1c([2H])c(-n2c3ccccc3c3ccccc32)c([2H])c2c1B1c3sc4cc(C(C)(C)C)ccc4c3N(CCCc3c(-c4ccccc4)cc(C(C)(C)C)cc3-c3ccccc3)c3cc(C(C)(C)C)cc(c31)N2CCc1ccc(C(C)(C)C)cc1-c1cccc(-c2c3ccccc3c(-c3ccccc3)c3ccccc23)c1. The summed E-state index contributed by atoms with van der Waals surface area (Å²) < 4.78 is 37.6. The van der Waals surface area contributed by atoms with E-state index in [4.69, 9.17) is 0 Å². The number of rotatable bonds is 13. The molecular weight excluding hydrogens is 1320 g/mol. The lowest BCUT2D eigenvalue weighted by molar-refractivity contribution is 0.589. The molecule has 108 heavy (non-hydrogen) atoms. The van der Waals surface area contributed by atoms with E-state index in [0.717, 1.165) is 72.9 Å². The molecule has 2 aliphatic rings. The van der Waals surface area contributed by atoms with Crippen molar-refractivity contribution in [3.63, 3.8) is 0 Å². The Labute approximate surface area is 647 Å². The Morgan fingerprint density at radius 2 is 0.824 bits per heavy atom. The summed E-state index contributed by atoms with van der Waals surface area (Å²) >= 11 is 1.85. The van der Waals surface area contributed by atoms with Crippen LogP contribution in [-0.2, 0) is 34.5 Å². The van der Waals surface area contributed by atoms with Crippen LogP contribution in [0.25, 0.3) is 115 Å². The number of para-hydroxylation sites is 2. The van der Waals surface area contributed by atoms with Crippen LogP contribution in [0.5, 0.6) is 0 Å². The van der Waals surface area contributed by atoms with E-state index in [-0.39, 0.29) is 39.8 Å². The third kappa shape index (κ3) is 12.0. The first-order chi connectivity index (χ1) is 53.4. The van der Waals surface area contributed by atoms with Crippen molar-refractivity contribution in [3.05, 3.63) is 324 Å². The lowest BCUT2D eigenvalue weighted by atomic mass is 9.36. The molecule has 0 spiro atoms. The minimum atomic E-state index is -0.470. The van der Waals surface area contributed by atoms with Gasteiger partial charge in [-0.1, -0.05) is 326 Å². The van der Waals surface area contributed by atoms with Crippen LogP contribution < -0.4 is 25.5 Å². The van der Waals surface area contributed by atoms with E-state index in [1.807, 2.05) is 11.3 Å². The fraction of sp³-hybridized carbons (Fsp3) is 0.204. The molecule has 16 aromatic rings. The summed E-state index contributed by atoms with van der Waals surface area (Å²) in [5.41, 5.74) is 27.2. The van der Waals surface area contributed by atoms with Gasteiger partial charge in [-0.2, -0.15) is 0 Å². The molecule has 0 fully saturated rings. The fourth-order valence-electron chi connectivity index (χ4n) is 17.5. The summed E-state index contributed by atoms with van der Waals surface area (Å²) in [7, 11) is 0. The fourth-order valence-corrected chi connectivity index (χ4v) is 18.9. The van der Waals surface area contributed by atoms with Crippen LogP contribution >= 0.6 is 11.3 Å². The van der Waals surface area contributed by atoms with E-state index in [0.29, 0.717) is 30.9 Å². The number of nitrogens with zero attached hydrogens (tertiary/aromatic N) is 3. The molecule has 0 N–H and O–H groups in total. The van der Waals surface area contributed by atoms with E-state index >= 15 is 0 Å². The second kappa shape index (κ2) is 26.5. The van der Waals surface area contributed by atoms with Gasteiger partial charge in [0.25, 0.3) is 6.71 Å². The molecule has 0 bridgehead atoms. The first kappa shape index (κ1) is 65.3. The van der Waals surface area contributed by atoms with Gasteiger partial charge in [0.2, 0.25) is 0 Å². The summed E-state index contributed by atoms with van der Waals surface area (Å²) in [6.07, 6.45) is 2.26. The van der Waals surface area contributed by atoms with Crippen molar-refractivity contribution >= 4 is 110 Å². The van der Waals surface area contributed by atoms with E-state index in [1.54, 1.807) is 0 Å². The molecule has 0 amide bonds. The van der Waals surface area contributed by atoms with E-state index in [2.05, 4.69) is 370 Å². The van der Waals surface area contributed by atoms with Gasteiger partial charge >= 0.3 is 0 Å². The molecule has 0 atom stereocenters. The van der Waals surface area contributed by atoms with Crippen molar-refractivity contribution < 1.29 is 4.11 Å². The predicted octanol–water partition coefficient (Wildman–Crippen LogP) is 26.1. The van der Waals surface area contributed by atoms with E-state index < -0.39 is 6.71 Å². The Balaban J connectivity index is 0.857. The highest BCUT2D eigenvalue weighted by Gasteiger charge is 2.46. The van der Waals surface area contributed by atoms with Crippen LogP contribution in [0.15, 0.2) is 291 Å². The number of hydrogen-bond acceptors (Lipinski definition) is 3. The Bertz CT molecular complexity index is 6230. The summed E-state index contributed by atoms with van der Waals surface area (Å²) in [6.45, 7) is 28.6. The van der Waals surface area contributed by atoms with Crippen molar-refractivity contribution in [3.8, 4) is 61.3 Å². The molecule has 2 aliphatic heterocycles. The lowest BCUT2D eigenvalue weighted by Crippen LogP contribution is -2.61. The Kier molecular flexibility index (Phi) is 16.0. The van der Waals surface area contributed by atoms with Gasteiger partial charge in [-0.05, 0) is 211 Å². The highest BCUT2D eigenvalue weighted by molar-refractivity contribution is 7.33. The van der Waals surface area contributed by atoms with Crippen LogP contribution in [0.3, 0.4) is 0 Å². The second-order valence-corrected chi connectivity index (χ2v) is 35.4. The molecule has 0 aliphatic carbocycles. The van der Waals surface area contributed by atoms with Crippen LogP contribution in [0, 0.1) is 0 Å². The maximum atomic E-state index is 11.3. The summed E-state index contributed by atoms with van der Waals surface area (Å²) in [5, 5.41) is 8.16. The van der Waals surface area contributed by atoms with Gasteiger partial charge in [-0.15, -0.1) is 11.3 Å². The molecule has 0 unspecified atom stereocenters.